The second kappa shape index (κ2) is 8.73. The number of nitrogens with one attached hydrogen (secondary N) is 1. The van der Waals surface area contributed by atoms with Crippen LogP contribution in [0.15, 0.2) is 46.2 Å². The molecule has 0 spiro atoms. The number of rotatable bonds is 8. The number of hydrogen-bond acceptors (Lipinski definition) is 7. The summed E-state index contributed by atoms with van der Waals surface area (Å²) in [6.45, 7) is 4.47. The molecule has 0 aromatic heterocycles. The quantitative estimate of drug-likeness (QED) is 0.597. The molecule has 2 N–H and O–H groups in total. The Hall–Kier alpha value is -2.83. The van der Waals surface area contributed by atoms with Crippen LogP contribution in [0.2, 0.25) is 0 Å². The van der Waals surface area contributed by atoms with Crippen molar-refractivity contribution in [3.8, 4) is 11.5 Å². The Morgan fingerprint density at radius 2 is 1.48 bits per heavy atom. The molecular weight excluding hydrogens is 448 g/mol. The molecule has 0 atom stereocenters. The Bertz CT molecular complexity index is 1190. The molecule has 1 aliphatic heterocycles. The first-order chi connectivity index (χ1) is 14.6. The van der Waals surface area contributed by atoms with Gasteiger partial charge in [-0.05, 0) is 24.3 Å². The van der Waals surface area contributed by atoms with Crippen LogP contribution in [-0.4, -0.2) is 58.5 Å². The minimum atomic E-state index is -4.21. The molecule has 0 fully saturated rings. The summed E-state index contributed by atoms with van der Waals surface area (Å²) in [6, 6.07) is 7.13. The van der Waals surface area contributed by atoms with Crippen molar-refractivity contribution in [1.29, 1.82) is 0 Å². The first kappa shape index (κ1) is 22.8. The van der Waals surface area contributed by atoms with Gasteiger partial charge in [0, 0.05) is 25.2 Å². The number of nitrogens with zero attached hydrogens (tertiary/aromatic N) is 1. The van der Waals surface area contributed by atoms with E-state index in [1.54, 1.807) is 13.8 Å². The second-order valence-electron chi connectivity index (χ2n) is 6.51. The highest BCUT2D eigenvalue weighted by molar-refractivity contribution is 7.92. The number of benzene rings is 2. The summed E-state index contributed by atoms with van der Waals surface area (Å²) in [4.78, 5) is 11.3. The summed E-state index contributed by atoms with van der Waals surface area (Å²) in [5.41, 5.74) is -0.509. The van der Waals surface area contributed by atoms with Crippen LogP contribution in [-0.2, 0) is 20.0 Å². The van der Waals surface area contributed by atoms with Gasteiger partial charge >= 0.3 is 5.97 Å². The molecule has 0 saturated heterocycles. The zero-order valence-corrected chi connectivity index (χ0v) is 18.5. The standard InChI is InChI=1S/C19H22N2O8S2/c1-3-21(4-2)31(26,27)14-7-5-13(6-8-14)30(24,25)20-16-12-18-17(28-9-10-29-18)11-15(16)19(22)23/h5-8,11-12,20H,3-4,9-10H2,1-2H3,(H,22,23). The van der Waals surface area contributed by atoms with E-state index in [1.807, 2.05) is 0 Å². The van der Waals surface area contributed by atoms with E-state index in [1.165, 1.54) is 28.6 Å². The van der Waals surface area contributed by atoms with Crippen molar-refractivity contribution < 1.29 is 36.2 Å². The number of sulfonamides is 2. The van der Waals surface area contributed by atoms with Gasteiger partial charge in [-0.25, -0.2) is 21.6 Å². The maximum absolute atomic E-state index is 12.8. The van der Waals surface area contributed by atoms with Crippen molar-refractivity contribution in [3.63, 3.8) is 0 Å². The Labute approximate surface area is 180 Å². The van der Waals surface area contributed by atoms with Crippen LogP contribution in [0.25, 0.3) is 0 Å². The predicted molar refractivity (Wildman–Crippen MR) is 112 cm³/mol. The van der Waals surface area contributed by atoms with E-state index < -0.39 is 26.0 Å². The Kier molecular flexibility index (Phi) is 6.43. The molecule has 168 valence electrons. The zero-order valence-electron chi connectivity index (χ0n) is 16.9. The van der Waals surface area contributed by atoms with Gasteiger partial charge in [-0.3, -0.25) is 4.72 Å². The Balaban J connectivity index is 1.94. The molecule has 31 heavy (non-hydrogen) atoms. The molecule has 0 bridgehead atoms. The van der Waals surface area contributed by atoms with Crippen molar-refractivity contribution in [2.45, 2.75) is 23.6 Å². The van der Waals surface area contributed by atoms with Crippen LogP contribution in [0.5, 0.6) is 11.5 Å². The fourth-order valence-corrected chi connectivity index (χ4v) is 5.59. The lowest BCUT2D eigenvalue weighted by molar-refractivity contribution is 0.0697. The number of ether oxygens (including phenoxy) is 2. The number of carbonyl (C=O) groups is 1. The normalized spacial score (nSPS) is 13.8. The molecule has 2 aromatic carbocycles. The monoisotopic (exact) mass is 470 g/mol. The third-order valence-corrected chi connectivity index (χ3v) is 8.08. The summed E-state index contributed by atoms with van der Waals surface area (Å²) < 4.78 is 65.0. The highest BCUT2D eigenvalue weighted by atomic mass is 32.2. The smallest absolute Gasteiger partial charge is 0.337 e. The van der Waals surface area contributed by atoms with Crippen molar-refractivity contribution >= 4 is 31.7 Å². The van der Waals surface area contributed by atoms with E-state index in [0.29, 0.717) is 0 Å². The van der Waals surface area contributed by atoms with Gasteiger partial charge in [0.1, 0.15) is 13.2 Å². The van der Waals surface area contributed by atoms with Gasteiger partial charge in [-0.2, -0.15) is 4.31 Å². The maximum Gasteiger partial charge on any atom is 0.337 e. The van der Waals surface area contributed by atoms with Gasteiger partial charge in [-0.1, -0.05) is 13.8 Å². The van der Waals surface area contributed by atoms with Crippen LogP contribution >= 0.6 is 0 Å². The predicted octanol–water partition coefficient (Wildman–Crippen LogP) is 1.99. The average molecular weight is 471 g/mol. The van der Waals surface area contributed by atoms with Crippen molar-refractivity contribution in [1.82, 2.24) is 4.31 Å². The van der Waals surface area contributed by atoms with E-state index in [0.717, 1.165) is 12.1 Å². The molecule has 0 aliphatic carbocycles. The summed E-state index contributed by atoms with van der Waals surface area (Å²) in [6.07, 6.45) is 0. The van der Waals surface area contributed by atoms with Crippen molar-refractivity contribution in [2.75, 3.05) is 31.0 Å². The van der Waals surface area contributed by atoms with Crippen molar-refractivity contribution in [3.05, 3.63) is 42.0 Å². The van der Waals surface area contributed by atoms with Gasteiger partial charge in [0.15, 0.2) is 11.5 Å². The molecule has 10 nitrogen and oxygen atoms in total. The molecule has 0 saturated carbocycles. The van der Waals surface area contributed by atoms with Crippen LogP contribution in [0.4, 0.5) is 5.69 Å². The van der Waals surface area contributed by atoms with Crippen LogP contribution in [0.1, 0.15) is 24.2 Å². The van der Waals surface area contributed by atoms with Gasteiger partial charge in [0.2, 0.25) is 10.0 Å². The zero-order chi connectivity index (χ0) is 22.8. The fraction of sp³-hybridized carbons (Fsp3) is 0.316. The first-order valence-corrected chi connectivity index (χ1v) is 12.3. The molecule has 0 amide bonds. The number of carboxylic acid groups (broad SMARTS) is 1. The molecule has 12 heteroatoms. The van der Waals surface area contributed by atoms with Crippen LogP contribution < -0.4 is 14.2 Å². The summed E-state index contributed by atoms with van der Waals surface area (Å²) in [7, 11) is -7.95. The topological polar surface area (TPSA) is 139 Å². The Morgan fingerprint density at radius 1 is 0.968 bits per heavy atom. The third kappa shape index (κ3) is 4.60. The lowest BCUT2D eigenvalue weighted by Crippen LogP contribution is -2.30. The van der Waals surface area contributed by atoms with Gasteiger partial charge < -0.3 is 14.6 Å². The van der Waals surface area contributed by atoms with E-state index in [-0.39, 0.29) is 58.8 Å². The number of anilines is 1. The highest BCUT2D eigenvalue weighted by Crippen LogP contribution is 2.36. The molecule has 0 radical (unpaired) electrons. The molecule has 1 aliphatic rings. The van der Waals surface area contributed by atoms with E-state index in [4.69, 9.17) is 9.47 Å². The van der Waals surface area contributed by atoms with Gasteiger partial charge in [0.05, 0.1) is 21.0 Å². The molecule has 0 unspecified atom stereocenters. The summed E-state index contributed by atoms with van der Waals surface area (Å²) >= 11 is 0. The van der Waals surface area contributed by atoms with Gasteiger partial charge in [-0.15, -0.1) is 0 Å². The largest absolute Gasteiger partial charge is 0.486 e. The molecule has 1 heterocycles. The van der Waals surface area contributed by atoms with Crippen LogP contribution in [0, 0.1) is 0 Å². The number of carboxylic acids is 1. The van der Waals surface area contributed by atoms with Gasteiger partial charge in [0.25, 0.3) is 10.0 Å². The number of fused-ring (bicyclic) bond motifs is 1. The number of hydrogen-bond donors (Lipinski definition) is 2. The lowest BCUT2D eigenvalue weighted by Gasteiger charge is -2.21. The van der Waals surface area contributed by atoms with Crippen LogP contribution in [0.3, 0.4) is 0 Å². The first-order valence-electron chi connectivity index (χ1n) is 9.40. The van der Waals surface area contributed by atoms with E-state index >= 15 is 0 Å². The summed E-state index contributed by atoms with van der Waals surface area (Å²) in [5.74, 6) is -0.928. The van der Waals surface area contributed by atoms with Crippen molar-refractivity contribution in [2.24, 2.45) is 0 Å². The molecule has 2 aromatic rings. The summed E-state index contributed by atoms with van der Waals surface area (Å²) in [5, 5.41) is 9.46. The lowest BCUT2D eigenvalue weighted by atomic mass is 10.1. The van der Waals surface area contributed by atoms with E-state index in [9.17, 15) is 26.7 Å². The fourth-order valence-electron chi connectivity index (χ4n) is 3.06. The Morgan fingerprint density at radius 3 is 2.00 bits per heavy atom. The van der Waals surface area contributed by atoms with E-state index in [2.05, 4.69) is 4.72 Å². The molecule has 3 rings (SSSR count). The maximum atomic E-state index is 12.8. The third-order valence-electron chi connectivity index (χ3n) is 4.63. The average Bonchev–Trinajstić information content (AvgIpc) is 2.73. The number of aromatic carboxylic acids is 1. The minimum Gasteiger partial charge on any atom is -0.486 e. The SMILES string of the molecule is CCN(CC)S(=O)(=O)c1ccc(S(=O)(=O)Nc2cc3c(cc2C(=O)O)OCCO3)cc1. The minimum absolute atomic E-state index is 0.0410. The highest BCUT2D eigenvalue weighted by Gasteiger charge is 2.25. The second-order valence-corrected chi connectivity index (χ2v) is 10.1. The molecular formula is C19H22N2O8S2.